The molecule has 0 aliphatic carbocycles. The number of carbonyl (C=O) groups excluding carboxylic acids is 1. The number of benzene rings is 2. The first-order chi connectivity index (χ1) is 16.6. The van der Waals surface area contributed by atoms with E-state index in [1.165, 1.54) is 47.7 Å². The molecular weight excluding hydrogens is 517 g/mol. The summed E-state index contributed by atoms with van der Waals surface area (Å²) >= 11 is 7.26. The van der Waals surface area contributed by atoms with Crippen molar-refractivity contribution in [3.63, 3.8) is 0 Å². The molecule has 35 heavy (non-hydrogen) atoms. The Morgan fingerprint density at radius 2 is 1.83 bits per heavy atom. The van der Waals surface area contributed by atoms with Gasteiger partial charge in [-0.3, -0.25) is 0 Å². The van der Waals surface area contributed by atoms with E-state index in [1.807, 2.05) is 0 Å². The predicted molar refractivity (Wildman–Crippen MR) is 123 cm³/mol. The SMILES string of the molecule is O=C(NN=C(C=Cc1cc(Cl)cs1)c1cccc(OC(F)F)c1)Nc1ccc(OC(F)(F)F)cc1. The van der Waals surface area contributed by atoms with Gasteiger partial charge in [0, 0.05) is 21.5 Å². The first-order valence-electron chi connectivity index (χ1n) is 9.55. The number of anilines is 1. The Bertz CT molecular complexity index is 1210. The zero-order valence-electron chi connectivity index (χ0n) is 17.4. The van der Waals surface area contributed by atoms with Crippen LogP contribution in [0.5, 0.6) is 11.5 Å². The van der Waals surface area contributed by atoms with E-state index in [-0.39, 0.29) is 17.1 Å². The number of thiophene rings is 1. The number of halogens is 6. The molecule has 184 valence electrons. The van der Waals surface area contributed by atoms with Crippen LogP contribution < -0.4 is 20.2 Å². The summed E-state index contributed by atoms with van der Waals surface area (Å²) in [7, 11) is 0. The summed E-state index contributed by atoms with van der Waals surface area (Å²) in [6.45, 7) is -3.02. The van der Waals surface area contributed by atoms with E-state index in [0.29, 0.717) is 10.6 Å². The van der Waals surface area contributed by atoms with Crippen LogP contribution in [0.3, 0.4) is 0 Å². The maximum Gasteiger partial charge on any atom is 0.573 e. The quantitative estimate of drug-likeness (QED) is 0.184. The van der Waals surface area contributed by atoms with Gasteiger partial charge in [0.15, 0.2) is 0 Å². The zero-order valence-corrected chi connectivity index (χ0v) is 18.9. The summed E-state index contributed by atoms with van der Waals surface area (Å²) in [5.74, 6) is -0.558. The number of amides is 2. The van der Waals surface area contributed by atoms with Gasteiger partial charge in [-0.15, -0.1) is 24.5 Å². The molecule has 13 heteroatoms. The molecule has 2 N–H and O–H groups in total. The first-order valence-corrected chi connectivity index (χ1v) is 10.8. The van der Waals surface area contributed by atoms with E-state index in [2.05, 4.69) is 25.3 Å². The van der Waals surface area contributed by atoms with Gasteiger partial charge >= 0.3 is 19.0 Å². The van der Waals surface area contributed by atoms with Gasteiger partial charge in [0.05, 0.1) is 10.7 Å². The van der Waals surface area contributed by atoms with Crippen LogP contribution in [0.2, 0.25) is 5.02 Å². The maximum atomic E-state index is 12.6. The van der Waals surface area contributed by atoms with Crippen LogP contribution in [-0.4, -0.2) is 24.7 Å². The van der Waals surface area contributed by atoms with Crippen molar-refractivity contribution in [3.8, 4) is 11.5 Å². The van der Waals surface area contributed by atoms with Crippen LogP contribution in [0.25, 0.3) is 6.08 Å². The Labute approximate surface area is 204 Å². The minimum Gasteiger partial charge on any atom is -0.435 e. The lowest BCUT2D eigenvalue weighted by molar-refractivity contribution is -0.274. The number of hydrogen-bond acceptors (Lipinski definition) is 5. The molecule has 0 saturated carbocycles. The molecule has 0 aliphatic heterocycles. The van der Waals surface area contributed by atoms with Gasteiger partial charge < -0.3 is 14.8 Å². The van der Waals surface area contributed by atoms with Crippen LogP contribution >= 0.6 is 22.9 Å². The molecule has 0 bridgehead atoms. The smallest absolute Gasteiger partial charge is 0.435 e. The fraction of sp³-hybridized carbons (Fsp3) is 0.0909. The highest BCUT2D eigenvalue weighted by atomic mass is 35.5. The summed E-state index contributed by atoms with van der Waals surface area (Å²) in [6, 6.07) is 11.1. The molecule has 0 aliphatic rings. The number of hydrazone groups is 1. The Morgan fingerprint density at radius 3 is 2.46 bits per heavy atom. The molecule has 2 amide bonds. The summed E-state index contributed by atoms with van der Waals surface area (Å²) < 4.78 is 70.1. The number of carbonyl (C=O) groups is 1. The summed E-state index contributed by atoms with van der Waals surface area (Å²) in [5, 5.41) is 8.66. The molecule has 1 heterocycles. The lowest BCUT2D eigenvalue weighted by atomic mass is 10.1. The molecule has 1 aromatic heterocycles. The normalized spacial score (nSPS) is 12.1. The number of nitrogens with one attached hydrogen (secondary N) is 2. The minimum absolute atomic E-state index is 0.108. The highest BCUT2D eigenvalue weighted by Crippen LogP contribution is 2.24. The topological polar surface area (TPSA) is 72.0 Å². The summed E-state index contributed by atoms with van der Waals surface area (Å²) in [6.07, 6.45) is -1.64. The minimum atomic E-state index is -4.84. The Hall–Kier alpha value is -3.64. The molecule has 3 aromatic rings. The number of nitrogens with zero attached hydrogens (tertiary/aromatic N) is 1. The van der Waals surface area contributed by atoms with Gasteiger partial charge in [0.1, 0.15) is 11.5 Å². The number of alkyl halides is 5. The molecule has 0 fully saturated rings. The fourth-order valence-electron chi connectivity index (χ4n) is 2.62. The van der Waals surface area contributed by atoms with Crippen LogP contribution in [-0.2, 0) is 0 Å². The maximum absolute atomic E-state index is 12.6. The fourth-order valence-corrected chi connectivity index (χ4v) is 3.59. The zero-order chi connectivity index (χ0) is 25.4. The van der Waals surface area contributed by atoms with Crippen molar-refractivity contribution in [3.05, 3.63) is 81.5 Å². The van der Waals surface area contributed by atoms with E-state index < -0.39 is 24.8 Å². The molecule has 0 saturated heterocycles. The summed E-state index contributed by atoms with van der Waals surface area (Å²) in [5.41, 5.74) is 2.97. The van der Waals surface area contributed by atoms with Crippen molar-refractivity contribution < 1.29 is 36.2 Å². The number of rotatable bonds is 8. The van der Waals surface area contributed by atoms with Crippen molar-refractivity contribution in [1.29, 1.82) is 0 Å². The van der Waals surface area contributed by atoms with E-state index in [1.54, 1.807) is 23.6 Å². The van der Waals surface area contributed by atoms with E-state index in [9.17, 15) is 26.7 Å². The summed E-state index contributed by atoms with van der Waals surface area (Å²) in [4.78, 5) is 13.0. The van der Waals surface area contributed by atoms with Crippen molar-refractivity contribution >= 4 is 46.4 Å². The third-order valence-corrected chi connectivity index (χ3v) is 5.22. The van der Waals surface area contributed by atoms with Crippen molar-refractivity contribution in [2.45, 2.75) is 13.0 Å². The van der Waals surface area contributed by atoms with Gasteiger partial charge in [-0.2, -0.15) is 13.9 Å². The van der Waals surface area contributed by atoms with Crippen LogP contribution in [0, 0.1) is 0 Å². The molecule has 3 rings (SSSR count). The predicted octanol–water partition coefficient (Wildman–Crippen LogP) is 7.14. The van der Waals surface area contributed by atoms with Crippen molar-refractivity contribution in [2.75, 3.05) is 5.32 Å². The number of allylic oxidation sites excluding steroid dienone is 1. The Morgan fingerprint density at radius 1 is 1.09 bits per heavy atom. The second kappa shape index (κ2) is 11.7. The molecule has 2 aromatic carbocycles. The van der Waals surface area contributed by atoms with Gasteiger partial charge in [0.25, 0.3) is 0 Å². The van der Waals surface area contributed by atoms with Gasteiger partial charge in [-0.25, -0.2) is 10.2 Å². The molecule has 0 unspecified atom stereocenters. The largest absolute Gasteiger partial charge is 0.573 e. The van der Waals surface area contributed by atoms with Gasteiger partial charge in [-0.05, 0) is 54.6 Å². The van der Waals surface area contributed by atoms with E-state index >= 15 is 0 Å². The second-order valence-corrected chi connectivity index (χ2v) is 7.92. The van der Waals surface area contributed by atoms with Crippen LogP contribution in [0.1, 0.15) is 10.4 Å². The highest BCUT2D eigenvalue weighted by Gasteiger charge is 2.30. The van der Waals surface area contributed by atoms with E-state index in [4.69, 9.17) is 11.6 Å². The highest BCUT2D eigenvalue weighted by molar-refractivity contribution is 7.11. The molecule has 0 spiro atoms. The van der Waals surface area contributed by atoms with Crippen molar-refractivity contribution in [1.82, 2.24) is 5.43 Å². The monoisotopic (exact) mass is 531 g/mol. The third-order valence-electron chi connectivity index (χ3n) is 3.97. The van der Waals surface area contributed by atoms with Gasteiger partial charge in [-0.1, -0.05) is 23.7 Å². The molecular formula is C22H15ClF5N3O3S. The molecule has 0 atom stereocenters. The average Bonchev–Trinajstić information content (AvgIpc) is 3.19. The lowest BCUT2D eigenvalue weighted by Gasteiger charge is -2.10. The van der Waals surface area contributed by atoms with Gasteiger partial charge in [0.2, 0.25) is 0 Å². The van der Waals surface area contributed by atoms with Crippen LogP contribution in [0.4, 0.5) is 32.4 Å². The lowest BCUT2D eigenvalue weighted by Crippen LogP contribution is -2.25. The number of hydrogen-bond donors (Lipinski definition) is 2. The van der Waals surface area contributed by atoms with Crippen molar-refractivity contribution in [2.24, 2.45) is 5.10 Å². The first kappa shape index (κ1) is 26.0. The molecule has 6 nitrogen and oxygen atoms in total. The standard InChI is InChI=1S/C22H15ClF5N3O3S/c23-14-11-18(35-12-14)8-9-19(13-2-1-3-17(10-13)33-20(24)25)30-31-21(32)29-15-4-6-16(7-5-15)34-22(26,27)28/h1-12,20H,(H2,29,31,32). The van der Waals surface area contributed by atoms with E-state index in [0.717, 1.165) is 17.0 Å². The second-order valence-electron chi connectivity index (χ2n) is 6.54. The molecule has 0 radical (unpaired) electrons. The average molecular weight is 532 g/mol. The number of ether oxygens (including phenoxy) is 2. The Balaban J connectivity index is 1.75. The van der Waals surface area contributed by atoms with Crippen LogP contribution in [0.15, 0.2) is 71.2 Å². The number of urea groups is 1. The third kappa shape index (κ3) is 8.91. The Kier molecular flexibility index (Phi) is 8.66.